The molecule has 126 valence electrons. The van der Waals surface area contributed by atoms with Gasteiger partial charge < -0.3 is 10.2 Å². The predicted octanol–water partition coefficient (Wildman–Crippen LogP) is 4.45. The maximum Gasteiger partial charge on any atom is 0.0852 e. The molecule has 1 unspecified atom stereocenters. The summed E-state index contributed by atoms with van der Waals surface area (Å²) >= 11 is 0. The van der Waals surface area contributed by atoms with Gasteiger partial charge >= 0.3 is 0 Å². The smallest absolute Gasteiger partial charge is 0.0852 e. The Morgan fingerprint density at radius 3 is 2.59 bits per heavy atom. The molecule has 0 heterocycles. The Labute approximate surface area is 136 Å². The van der Waals surface area contributed by atoms with Crippen molar-refractivity contribution in [1.29, 1.82) is 0 Å². The fourth-order valence-corrected chi connectivity index (χ4v) is 6.58. The molecule has 2 nitrogen and oxygen atoms in total. The predicted molar refractivity (Wildman–Crippen MR) is 90.5 cm³/mol. The second-order valence-corrected chi connectivity index (χ2v) is 8.77. The third kappa shape index (κ3) is 2.47. The van der Waals surface area contributed by atoms with E-state index in [9.17, 15) is 10.2 Å². The first-order chi connectivity index (χ1) is 10.4. The molecule has 2 N–H and O–H groups in total. The first kappa shape index (κ1) is 16.5. The van der Waals surface area contributed by atoms with E-state index in [1.807, 2.05) is 0 Å². The Morgan fingerprint density at radius 2 is 1.91 bits per heavy atom. The minimum atomic E-state index is -0.855. The number of hydrogen-bond donors (Lipinski definition) is 2. The van der Waals surface area contributed by atoms with Crippen molar-refractivity contribution >= 4 is 0 Å². The van der Waals surface area contributed by atoms with E-state index < -0.39 is 11.2 Å². The molecule has 0 aromatic heterocycles. The van der Waals surface area contributed by atoms with E-state index in [4.69, 9.17) is 0 Å². The second kappa shape index (κ2) is 5.63. The topological polar surface area (TPSA) is 40.5 Å². The highest BCUT2D eigenvalue weighted by Crippen LogP contribution is 2.63. The maximum absolute atomic E-state index is 11.4. The van der Waals surface area contributed by atoms with Crippen LogP contribution in [0.2, 0.25) is 0 Å². The van der Waals surface area contributed by atoms with Crippen LogP contribution in [0.3, 0.4) is 0 Å². The lowest BCUT2D eigenvalue weighted by Crippen LogP contribution is -2.61. The Morgan fingerprint density at radius 1 is 1.14 bits per heavy atom. The highest BCUT2D eigenvalue weighted by Gasteiger charge is 2.60. The second-order valence-electron chi connectivity index (χ2n) is 8.77. The highest BCUT2D eigenvalue weighted by atomic mass is 16.3. The molecular weight excluding hydrogens is 272 g/mol. The lowest BCUT2D eigenvalue weighted by molar-refractivity contribution is -0.204. The first-order valence-corrected chi connectivity index (χ1v) is 9.45. The lowest BCUT2D eigenvalue weighted by Gasteiger charge is -2.62. The van der Waals surface area contributed by atoms with Crippen LogP contribution in [-0.4, -0.2) is 21.4 Å². The van der Waals surface area contributed by atoms with Gasteiger partial charge in [-0.2, -0.15) is 0 Å². The molecule has 3 aliphatic carbocycles. The molecular formula is C20H34O2. The van der Waals surface area contributed by atoms with E-state index in [1.54, 1.807) is 6.08 Å². The van der Waals surface area contributed by atoms with E-state index in [0.717, 1.165) is 37.5 Å². The van der Waals surface area contributed by atoms with Gasteiger partial charge in [0.2, 0.25) is 0 Å². The zero-order valence-corrected chi connectivity index (χ0v) is 14.5. The van der Waals surface area contributed by atoms with Crippen LogP contribution in [-0.2, 0) is 0 Å². The van der Waals surface area contributed by atoms with Crippen LogP contribution in [0.25, 0.3) is 0 Å². The van der Waals surface area contributed by atoms with E-state index in [1.165, 1.54) is 32.1 Å². The average molecular weight is 306 g/mol. The standard InChI is InChI=1S/C20H34O2/c1-4-7-15-8-6-11-18(3)16(15)9-13-20(22)14-19(21,5-2)12-10-17(18)20/h5,15-17,21-22H,2,4,6-14H2,1,3H3/t15-,16?,17+,18-,19+,20-/m0/s1. The van der Waals surface area contributed by atoms with Gasteiger partial charge in [0.15, 0.2) is 0 Å². The van der Waals surface area contributed by atoms with Gasteiger partial charge in [0.25, 0.3) is 0 Å². The Bertz CT molecular complexity index is 431. The van der Waals surface area contributed by atoms with Gasteiger partial charge in [0, 0.05) is 6.42 Å². The molecule has 3 rings (SSSR count). The van der Waals surface area contributed by atoms with Gasteiger partial charge in [0.05, 0.1) is 11.2 Å². The molecule has 22 heavy (non-hydrogen) atoms. The molecule has 0 aliphatic heterocycles. The molecule has 0 spiro atoms. The molecule has 2 heteroatoms. The van der Waals surface area contributed by atoms with Crippen LogP contribution in [0.5, 0.6) is 0 Å². The van der Waals surface area contributed by atoms with E-state index in [2.05, 4.69) is 20.4 Å². The zero-order chi connectivity index (χ0) is 16.0. The number of aliphatic hydroxyl groups is 2. The monoisotopic (exact) mass is 306 g/mol. The van der Waals surface area contributed by atoms with Crippen molar-refractivity contribution in [3.63, 3.8) is 0 Å². The Balaban J connectivity index is 1.87. The molecule has 0 aromatic rings. The quantitative estimate of drug-likeness (QED) is 0.756. The molecule has 0 aromatic carbocycles. The summed E-state index contributed by atoms with van der Waals surface area (Å²) in [6.07, 6.45) is 12.5. The van der Waals surface area contributed by atoms with E-state index in [-0.39, 0.29) is 5.41 Å². The number of rotatable bonds is 3. The van der Waals surface area contributed by atoms with E-state index in [0.29, 0.717) is 12.3 Å². The summed E-state index contributed by atoms with van der Waals surface area (Å²) in [5, 5.41) is 22.0. The fraction of sp³-hybridized carbons (Fsp3) is 0.900. The van der Waals surface area contributed by atoms with Crippen molar-refractivity contribution in [3.8, 4) is 0 Å². The molecule has 0 radical (unpaired) electrons. The van der Waals surface area contributed by atoms with Crippen molar-refractivity contribution in [2.75, 3.05) is 0 Å². The summed E-state index contributed by atoms with van der Waals surface area (Å²) in [7, 11) is 0. The van der Waals surface area contributed by atoms with Crippen molar-refractivity contribution in [2.24, 2.45) is 23.2 Å². The molecule has 0 saturated heterocycles. The third-order valence-electron chi connectivity index (χ3n) is 7.56. The summed E-state index contributed by atoms with van der Waals surface area (Å²) in [4.78, 5) is 0. The summed E-state index contributed by atoms with van der Waals surface area (Å²) < 4.78 is 0. The molecule has 3 fully saturated rings. The lowest BCUT2D eigenvalue weighted by atomic mass is 9.45. The van der Waals surface area contributed by atoms with Crippen molar-refractivity contribution in [1.82, 2.24) is 0 Å². The largest absolute Gasteiger partial charge is 0.389 e. The van der Waals surface area contributed by atoms with Crippen LogP contribution < -0.4 is 0 Å². The third-order valence-corrected chi connectivity index (χ3v) is 7.56. The summed E-state index contributed by atoms with van der Waals surface area (Å²) in [5.41, 5.74) is -1.26. The zero-order valence-electron chi connectivity index (χ0n) is 14.5. The minimum Gasteiger partial charge on any atom is -0.389 e. The maximum atomic E-state index is 11.4. The average Bonchev–Trinajstić information content (AvgIpc) is 2.46. The number of hydrogen-bond acceptors (Lipinski definition) is 2. The summed E-state index contributed by atoms with van der Waals surface area (Å²) in [6.45, 7) is 8.55. The SMILES string of the molecule is C=C[C@@]1(O)CC[C@H]2[C@](O)(CCC3[C@@H](CCC)CCC[C@@]32C)C1. The fourth-order valence-electron chi connectivity index (χ4n) is 6.58. The van der Waals surface area contributed by atoms with Crippen LogP contribution in [0.1, 0.15) is 78.1 Å². The number of fused-ring (bicyclic) bond motifs is 3. The van der Waals surface area contributed by atoms with Gasteiger partial charge in [0.1, 0.15) is 0 Å². The molecule has 0 amide bonds. The Hall–Kier alpha value is -0.340. The van der Waals surface area contributed by atoms with Gasteiger partial charge in [-0.15, -0.1) is 6.58 Å². The van der Waals surface area contributed by atoms with Crippen molar-refractivity contribution in [3.05, 3.63) is 12.7 Å². The van der Waals surface area contributed by atoms with Gasteiger partial charge in [-0.05, 0) is 55.3 Å². The van der Waals surface area contributed by atoms with Crippen LogP contribution in [0.4, 0.5) is 0 Å². The normalized spacial score (nSPS) is 51.7. The highest BCUT2D eigenvalue weighted by molar-refractivity contribution is 5.14. The van der Waals surface area contributed by atoms with Crippen LogP contribution in [0.15, 0.2) is 12.7 Å². The van der Waals surface area contributed by atoms with Crippen molar-refractivity contribution in [2.45, 2.75) is 89.3 Å². The summed E-state index contributed by atoms with van der Waals surface area (Å²) in [6, 6.07) is 0. The molecule has 3 saturated carbocycles. The van der Waals surface area contributed by atoms with Crippen LogP contribution in [0, 0.1) is 23.2 Å². The van der Waals surface area contributed by atoms with Crippen LogP contribution >= 0.6 is 0 Å². The van der Waals surface area contributed by atoms with Gasteiger partial charge in [-0.25, -0.2) is 0 Å². The summed E-state index contributed by atoms with van der Waals surface area (Å²) in [5.74, 6) is 1.99. The molecule has 6 atom stereocenters. The minimum absolute atomic E-state index is 0.271. The van der Waals surface area contributed by atoms with Crippen molar-refractivity contribution < 1.29 is 10.2 Å². The van der Waals surface area contributed by atoms with Gasteiger partial charge in [-0.1, -0.05) is 45.6 Å². The van der Waals surface area contributed by atoms with E-state index >= 15 is 0 Å². The molecule has 0 bridgehead atoms. The first-order valence-electron chi connectivity index (χ1n) is 9.45. The Kier molecular flexibility index (Phi) is 4.23. The van der Waals surface area contributed by atoms with Gasteiger partial charge in [-0.3, -0.25) is 0 Å². The molecule has 3 aliphatic rings.